The molecule has 0 saturated carbocycles. The number of imidazole rings is 1. The quantitative estimate of drug-likeness (QED) is 0.485. The van der Waals surface area contributed by atoms with E-state index in [-0.39, 0.29) is 12.5 Å². The number of carbonyl (C=O) groups is 1. The second kappa shape index (κ2) is 8.76. The number of likely N-dealkylation sites (N-methyl/N-ethyl adjacent to an activating group) is 1. The van der Waals surface area contributed by atoms with Crippen LogP contribution in [0, 0.1) is 0 Å². The van der Waals surface area contributed by atoms with Gasteiger partial charge in [0.05, 0.1) is 24.2 Å². The maximum Gasteiger partial charge on any atom is 0.273 e. The summed E-state index contributed by atoms with van der Waals surface area (Å²) in [5.74, 6) is -0.232. The van der Waals surface area contributed by atoms with Gasteiger partial charge in [-0.15, -0.1) is 0 Å². The molecule has 0 saturated heterocycles. The van der Waals surface area contributed by atoms with Crippen molar-refractivity contribution in [3.8, 4) is 11.3 Å². The maximum atomic E-state index is 13.0. The molecule has 4 aromatic rings. The standard InChI is InChI=1S/C24H27N7O2/c1-28(13-20(32)14-30-8-7-17-5-3-4-6-18(17)12-30)24(33)22-16-31-15-21(25-10-23(31)27-22)19-9-26-29(2)11-19/h3-6,9-11,15-16,20,32H,7-8,12-14H2,1-2H3. The summed E-state index contributed by atoms with van der Waals surface area (Å²) in [4.78, 5) is 25.6. The second-order valence-electron chi connectivity index (χ2n) is 8.66. The Hall–Kier alpha value is -3.56. The number of carbonyl (C=O) groups excluding carboxylic acids is 1. The van der Waals surface area contributed by atoms with Crippen molar-refractivity contribution in [2.45, 2.75) is 19.1 Å². The molecule has 9 heteroatoms. The molecule has 3 aromatic heterocycles. The van der Waals surface area contributed by atoms with Crippen LogP contribution in [0.2, 0.25) is 0 Å². The second-order valence-corrected chi connectivity index (χ2v) is 8.66. The predicted molar refractivity (Wildman–Crippen MR) is 124 cm³/mol. The van der Waals surface area contributed by atoms with E-state index in [0.29, 0.717) is 17.9 Å². The number of hydrogen-bond donors (Lipinski definition) is 1. The van der Waals surface area contributed by atoms with E-state index in [1.807, 2.05) is 19.4 Å². The third kappa shape index (κ3) is 4.50. The van der Waals surface area contributed by atoms with Gasteiger partial charge < -0.3 is 14.4 Å². The third-order valence-electron chi connectivity index (χ3n) is 6.07. The first-order valence-corrected chi connectivity index (χ1v) is 11.0. The molecule has 0 fully saturated rings. The van der Waals surface area contributed by atoms with Gasteiger partial charge in [0.2, 0.25) is 0 Å². The number of rotatable bonds is 6. The molecule has 4 heterocycles. The lowest BCUT2D eigenvalue weighted by atomic mass is 10.00. The zero-order valence-electron chi connectivity index (χ0n) is 18.8. The molecule has 0 radical (unpaired) electrons. The van der Waals surface area contributed by atoms with Crippen molar-refractivity contribution >= 4 is 11.6 Å². The minimum atomic E-state index is -0.639. The Bertz CT molecular complexity index is 1290. The molecule has 1 aromatic carbocycles. The average Bonchev–Trinajstić information content (AvgIpc) is 3.44. The van der Waals surface area contributed by atoms with Crippen molar-refractivity contribution in [2.75, 3.05) is 26.7 Å². The fourth-order valence-corrected chi connectivity index (χ4v) is 4.37. The Morgan fingerprint density at radius 2 is 2.00 bits per heavy atom. The van der Waals surface area contributed by atoms with Gasteiger partial charge in [0, 0.05) is 64.4 Å². The first kappa shape index (κ1) is 21.3. The highest BCUT2D eigenvalue weighted by atomic mass is 16.3. The molecule has 170 valence electrons. The molecule has 1 aliphatic rings. The summed E-state index contributed by atoms with van der Waals surface area (Å²) >= 11 is 0. The van der Waals surface area contributed by atoms with Gasteiger partial charge in [-0.05, 0) is 17.5 Å². The number of benzene rings is 1. The van der Waals surface area contributed by atoms with Gasteiger partial charge in [-0.25, -0.2) is 4.98 Å². The van der Waals surface area contributed by atoms with Gasteiger partial charge in [-0.3, -0.25) is 19.4 Å². The smallest absolute Gasteiger partial charge is 0.273 e. The van der Waals surface area contributed by atoms with E-state index in [2.05, 4.69) is 44.2 Å². The number of nitrogens with zero attached hydrogens (tertiary/aromatic N) is 7. The Labute approximate surface area is 191 Å². The van der Waals surface area contributed by atoms with Crippen LogP contribution in [0.3, 0.4) is 0 Å². The highest BCUT2D eigenvalue weighted by Crippen LogP contribution is 2.19. The number of β-amino-alcohol motifs (C(OH)–C–C–N with tert-alkyl or cyclic N) is 1. The van der Waals surface area contributed by atoms with Gasteiger partial charge in [0.15, 0.2) is 5.65 Å². The van der Waals surface area contributed by atoms with E-state index in [4.69, 9.17) is 0 Å². The fourth-order valence-electron chi connectivity index (χ4n) is 4.37. The summed E-state index contributed by atoms with van der Waals surface area (Å²) in [7, 11) is 3.55. The van der Waals surface area contributed by atoms with Crippen molar-refractivity contribution in [2.24, 2.45) is 7.05 Å². The zero-order chi connectivity index (χ0) is 22.9. The van der Waals surface area contributed by atoms with Gasteiger partial charge in [-0.2, -0.15) is 5.10 Å². The van der Waals surface area contributed by atoms with Crippen LogP contribution in [-0.4, -0.2) is 77.7 Å². The number of aliphatic hydroxyl groups is 1. The SMILES string of the molecule is CN(CC(O)CN1CCc2ccccc2C1)C(=O)c1cn2cc(-c3cnn(C)c3)ncc2n1. The Morgan fingerprint density at radius 3 is 2.79 bits per heavy atom. The summed E-state index contributed by atoms with van der Waals surface area (Å²) in [6.45, 7) is 2.49. The number of fused-ring (bicyclic) bond motifs is 2. The molecule has 1 aliphatic heterocycles. The number of aryl methyl sites for hydroxylation is 1. The molecule has 9 nitrogen and oxygen atoms in total. The number of hydrogen-bond acceptors (Lipinski definition) is 6. The zero-order valence-corrected chi connectivity index (χ0v) is 18.8. The highest BCUT2D eigenvalue weighted by molar-refractivity contribution is 5.92. The lowest BCUT2D eigenvalue weighted by Crippen LogP contribution is -2.42. The molecular weight excluding hydrogens is 418 g/mol. The minimum absolute atomic E-state index is 0.232. The van der Waals surface area contributed by atoms with E-state index in [9.17, 15) is 9.90 Å². The van der Waals surface area contributed by atoms with Crippen LogP contribution < -0.4 is 0 Å². The first-order valence-electron chi connectivity index (χ1n) is 11.0. The van der Waals surface area contributed by atoms with Crippen LogP contribution in [0.15, 0.2) is 55.2 Å². The third-order valence-corrected chi connectivity index (χ3v) is 6.07. The van der Waals surface area contributed by atoms with Crippen LogP contribution in [-0.2, 0) is 20.0 Å². The normalized spacial score (nSPS) is 14.9. The highest BCUT2D eigenvalue weighted by Gasteiger charge is 2.22. The monoisotopic (exact) mass is 445 g/mol. The predicted octanol–water partition coefficient (Wildman–Crippen LogP) is 1.62. The topological polar surface area (TPSA) is 91.8 Å². The van der Waals surface area contributed by atoms with Gasteiger partial charge >= 0.3 is 0 Å². The fraction of sp³-hybridized carbons (Fsp3) is 0.333. The van der Waals surface area contributed by atoms with Gasteiger partial charge in [-0.1, -0.05) is 24.3 Å². The average molecular weight is 446 g/mol. The summed E-state index contributed by atoms with van der Waals surface area (Å²) in [5.41, 5.74) is 5.24. The van der Waals surface area contributed by atoms with Gasteiger partial charge in [0.1, 0.15) is 5.69 Å². The van der Waals surface area contributed by atoms with Crippen molar-refractivity contribution in [1.82, 2.24) is 33.9 Å². The summed E-state index contributed by atoms with van der Waals surface area (Å²) in [6.07, 6.45) is 9.14. The number of aliphatic hydroxyl groups excluding tert-OH is 1. The molecule has 1 unspecified atom stereocenters. The molecule has 1 atom stereocenters. The summed E-state index contributed by atoms with van der Waals surface area (Å²) < 4.78 is 3.50. The van der Waals surface area contributed by atoms with E-state index >= 15 is 0 Å². The largest absolute Gasteiger partial charge is 0.390 e. The molecule has 0 bridgehead atoms. The van der Waals surface area contributed by atoms with E-state index in [1.54, 1.807) is 34.7 Å². The van der Waals surface area contributed by atoms with Crippen LogP contribution in [0.25, 0.3) is 16.9 Å². The van der Waals surface area contributed by atoms with Crippen LogP contribution in [0.5, 0.6) is 0 Å². The Balaban J connectivity index is 1.22. The van der Waals surface area contributed by atoms with Crippen LogP contribution in [0.4, 0.5) is 0 Å². The Kier molecular flexibility index (Phi) is 5.65. The molecule has 1 N–H and O–H groups in total. The van der Waals surface area contributed by atoms with E-state index < -0.39 is 6.10 Å². The van der Waals surface area contributed by atoms with Crippen molar-refractivity contribution < 1.29 is 9.90 Å². The van der Waals surface area contributed by atoms with E-state index in [0.717, 1.165) is 30.8 Å². The summed E-state index contributed by atoms with van der Waals surface area (Å²) in [5, 5.41) is 14.8. The maximum absolute atomic E-state index is 13.0. The molecule has 1 amide bonds. The molecule has 5 rings (SSSR count). The van der Waals surface area contributed by atoms with Gasteiger partial charge in [0.25, 0.3) is 5.91 Å². The van der Waals surface area contributed by atoms with E-state index in [1.165, 1.54) is 16.0 Å². The summed E-state index contributed by atoms with van der Waals surface area (Å²) in [6, 6.07) is 8.43. The van der Waals surface area contributed by atoms with Crippen LogP contribution in [0.1, 0.15) is 21.6 Å². The number of amides is 1. The molecule has 33 heavy (non-hydrogen) atoms. The first-order chi connectivity index (χ1) is 16.0. The Morgan fingerprint density at radius 1 is 1.18 bits per heavy atom. The lowest BCUT2D eigenvalue weighted by Gasteiger charge is -2.31. The number of aromatic nitrogens is 5. The van der Waals surface area contributed by atoms with Crippen molar-refractivity contribution in [1.29, 1.82) is 0 Å². The molecule has 0 aliphatic carbocycles. The minimum Gasteiger partial charge on any atom is -0.390 e. The molecule has 0 spiro atoms. The van der Waals surface area contributed by atoms with Crippen LogP contribution >= 0.6 is 0 Å². The lowest BCUT2D eigenvalue weighted by molar-refractivity contribution is 0.0565. The van der Waals surface area contributed by atoms with Crippen molar-refractivity contribution in [3.05, 3.63) is 72.1 Å². The van der Waals surface area contributed by atoms with Crippen molar-refractivity contribution in [3.63, 3.8) is 0 Å². The molecular formula is C24H27N7O2.